The summed E-state index contributed by atoms with van der Waals surface area (Å²) in [5.74, 6) is -7.05. The van der Waals surface area contributed by atoms with E-state index < -0.39 is 42.7 Å². The molecule has 1 aromatic rings. The number of hydrogen-bond donors (Lipinski definition) is 1. The molecule has 1 atom stereocenters. The van der Waals surface area contributed by atoms with Crippen molar-refractivity contribution in [1.29, 1.82) is 0 Å². The van der Waals surface area contributed by atoms with Crippen molar-refractivity contribution >= 4 is 29.4 Å². The lowest BCUT2D eigenvalue weighted by molar-refractivity contribution is -0.202. The number of nitrogens with one attached hydrogen (secondary N) is 1. The van der Waals surface area contributed by atoms with Crippen molar-refractivity contribution in [2.45, 2.75) is 24.8 Å². The summed E-state index contributed by atoms with van der Waals surface area (Å²) in [6.45, 7) is 0. The van der Waals surface area contributed by atoms with E-state index in [1.165, 1.54) is 23.5 Å². The lowest BCUT2D eigenvalue weighted by atomic mass is 10.0. The standard InChI is InChI=1S/C13H8ClF6NO4/c14-7-3-1-2-6(4-7)8(21-10(23)12(15,16)17)5-9(22)25-11(24)13(18,19)20/h1-4,8H,5H2,(H,21,23). The number of rotatable bonds is 4. The topological polar surface area (TPSA) is 72.5 Å². The fourth-order valence-electron chi connectivity index (χ4n) is 1.59. The maximum absolute atomic E-state index is 12.4. The van der Waals surface area contributed by atoms with Crippen molar-refractivity contribution in [3.63, 3.8) is 0 Å². The fourth-order valence-corrected chi connectivity index (χ4v) is 1.78. The second-order valence-electron chi connectivity index (χ2n) is 4.54. The van der Waals surface area contributed by atoms with Crippen molar-refractivity contribution in [3.8, 4) is 0 Å². The molecule has 0 saturated carbocycles. The number of halogens is 7. The van der Waals surface area contributed by atoms with Gasteiger partial charge in [-0.25, -0.2) is 4.79 Å². The van der Waals surface area contributed by atoms with Crippen LogP contribution in [-0.4, -0.2) is 30.2 Å². The van der Waals surface area contributed by atoms with E-state index >= 15 is 0 Å². The highest BCUT2D eigenvalue weighted by molar-refractivity contribution is 6.30. The minimum Gasteiger partial charge on any atom is -0.386 e. The Balaban J connectivity index is 2.97. The summed E-state index contributed by atoms with van der Waals surface area (Å²) < 4.78 is 76.6. The number of esters is 2. The van der Waals surface area contributed by atoms with Gasteiger partial charge in [0.05, 0.1) is 12.5 Å². The molecule has 0 saturated heterocycles. The molecule has 0 aliphatic carbocycles. The Bertz CT molecular complexity index is 673. The van der Waals surface area contributed by atoms with E-state index in [9.17, 15) is 40.7 Å². The highest BCUT2D eigenvalue weighted by Gasteiger charge is 2.43. The quantitative estimate of drug-likeness (QED) is 0.486. The second-order valence-corrected chi connectivity index (χ2v) is 4.98. The van der Waals surface area contributed by atoms with Crippen molar-refractivity contribution in [3.05, 3.63) is 34.9 Å². The first-order valence-electron chi connectivity index (χ1n) is 6.25. The van der Waals surface area contributed by atoms with Crippen LogP contribution in [0.3, 0.4) is 0 Å². The van der Waals surface area contributed by atoms with E-state index in [1.54, 1.807) is 0 Å². The van der Waals surface area contributed by atoms with Gasteiger partial charge in [-0.05, 0) is 17.7 Å². The van der Waals surface area contributed by atoms with Gasteiger partial charge >= 0.3 is 30.2 Å². The Morgan fingerprint density at radius 2 is 1.68 bits per heavy atom. The molecule has 0 heterocycles. The third-order valence-electron chi connectivity index (χ3n) is 2.62. The molecule has 1 unspecified atom stereocenters. The summed E-state index contributed by atoms with van der Waals surface area (Å²) in [5.41, 5.74) is -0.110. The fraction of sp³-hybridized carbons (Fsp3) is 0.308. The Labute approximate surface area is 140 Å². The smallest absolute Gasteiger partial charge is 0.386 e. The molecule has 138 valence electrons. The third-order valence-corrected chi connectivity index (χ3v) is 2.86. The predicted octanol–water partition coefficient (Wildman–Crippen LogP) is 3.08. The van der Waals surface area contributed by atoms with Gasteiger partial charge in [-0.3, -0.25) is 9.59 Å². The number of alkyl halides is 6. The average molecular weight is 392 g/mol. The number of amides is 1. The maximum atomic E-state index is 12.4. The third kappa shape index (κ3) is 6.61. The molecular formula is C13H8ClF6NO4. The minimum absolute atomic E-state index is 0.0310. The van der Waals surface area contributed by atoms with Gasteiger partial charge in [-0.1, -0.05) is 23.7 Å². The molecule has 12 heteroatoms. The number of benzene rings is 1. The van der Waals surface area contributed by atoms with Gasteiger partial charge in [0, 0.05) is 5.02 Å². The molecule has 25 heavy (non-hydrogen) atoms. The van der Waals surface area contributed by atoms with Gasteiger partial charge in [0.15, 0.2) is 0 Å². The first-order valence-corrected chi connectivity index (χ1v) is 6.63. The molecule has 0 fully saturated rings. The zero-order chi connectivity index (χ0) is 19.4. The molecule has 0 aliphatic rings. The summed E-state index contributed by atoms with van der Waals surface area (Å²) in [6.07, 6.45) is -11.9. The number of carbonyl (C=O) groups excluding carboxylic acids is 3. The van der Waals surface area contributed by atoms with Gasteiger partial charge in [0.2, 0.25) is 0 Å². The van der Waals surface area contributed by atoms with Crippen molar-refractivity contribution < 1.29 is 45.5 Å². The van der Waals surface area contributed by atoms with Gasteiger partial charge in [0.25, 0.3) is 0 Å². The van der Waals surface area contributed by atoms with Crippen LogP contribution in [0.25, 0.3) is 0 Å². The second kappa shape index (κ2) is 7.72. The van der Waals surface area contributed by atoms with E-state index in [2.05, 4.69) is 4.74 Å². The van der Waals surface area contributed by atoms with Crippen LogP contribution in [0.2, 0.25) is 5.02 Å². The number of ether oxygens (including phenoxy) is 1. The van der Waals surface area contributed by atoms with E-state index in [0.717, 1.165) is 6.07 Å². The van der Waals surface area contributed by atoms with Gasteiger partial charge in [0.1, 0.15) is 0 Å². The molecule has 1 aromatic carbocycles. The molecule has 0 spiro atoms. The summed E-state index contributed by atoms with van der Waals surface area (Å²) in [7, 11) is 0. The molecule has 1 amide bonds. The molecule has 0 radical (unpaired) electrons. The van der Waals surface area contributed by atoms with Crippen LogP contribution in [0.1, 0.15) is 18.0 Å². The van der Waals surface area contributed by atoms with Crippen molar-refractivity contribution in [1.82, 2.24) is 5.32 Å². The van der Waals surface area contributed by atoms with E-state index in [1.807, 2.05) is 0 Å². The molecule has 1 rings (SSSR count). The van der Waals surface area contributed by atoms with Crippen molar-refractivity contribution in [2.75, 3.05) is 0 Å². The monoisotopic (exact) mass is 391 g/mol. The molecule has 0 aromatic heterocycles. The van der Waals surface area contributed by atoms with E-state index in [-0.39, 0.29) is 10.6 Å². The Kier molecular flexibility index (Phi) is 6.41. The first kappa shape index (κ1) is 20.7. The van der Waals surface area contributed by atoms with Crippen LogP contribution < -0.4 is 5.32 Å². The summed E-state index contributed by atoms with van der Waals surface area (Å²) in [5, 5.41) is 1.46. The summed E-state index contributed by atoms with van der Waals surface area (Å²) in [4.78, 5) is 33.0. The predicted molar refractivity (Wildman–Crippen MR) is 70.2 cm³/mol. The zero-order valence-corrected chi connectivity index (χ0v) is 12.6. The molecular weight excluding hydrogens is 384 g/mol. The van der Waals surface area contributed by atoms with Gasteiger partial charge in [-0.15, -0.1) is 0 Å². The summed E-state index contributed by atoms with van der Waals surface area (Å²) in [6, 6.07) is 3.14. The SMILES string of the molecule is O=C(CC(NC(=O)C(F)(F)F)c1cccc(Cl)c1)OC(=O)C(F)(F)F. The Morgan fingerprint density at radius 3 is 2.16 bits per heavy atom. The van der Waals surface area contributed by atoms with Crippen LogP contribution in [0, 0.1) is 0 Å². The van der Waals surface area contributed by atoms with Gasteiger partial charge in [-0.2, -0.15) is 26.3 Å². The number of hydrogen-bond acceptors (Lipinski definition) is 4. The number of carbonyl (C=O) groups is 3. The van der Waals surface area contributed by atoms with Crippen LogP contribution >= 0.6 is 11.6 Å². The zero-order valence-electron chi connectivity index (χ0n) is 11.9. The minimum atomic E-state index is -5.46. The first-order chi connectivity index (χ1) is 11.3. The van der Waals surface area contributed by atoms with Crippen molar-refractivity contribution in [2.24, 2.45) is 0 Å². The van der Waals surface area contributed by atoms with Crippen LogP contribution in [-0.2, 0) is 19.1 Å². The Hall–Kier alpha value is -2.30. The maximum Gasteiger partial charge on any atom is 0.491 e. The lowest BCUT2D eigenvalue weighted by Crippen LogP contribution is -2.40. The van der Waals surface area contributed by atoms with Crippen LogP contribution in [0.4, 0.5) is 26.3 Å². The van der Waals surface area contributed by atoms with Gasteiger partial charge < -0.3 is 10.1 Å². The normalized spacial score (nSPS) is 13.1. The molecule has 5 nitrogen and oxygen atoms in total. The van der Waals surface area contributed by atoms with Crippen LogP contribution in [0.15, 0.2) is 24.3 Å². The molecule has 0 bridgehead atoms. The lowest BCUT2D eigenvalue weighted by Gasteiger charge is -2.19. The highest BCUT2D eigenvalue weighted by Crippen LogP contribution is 2.24. The van der Waals surface area contributed by atoms with E-state index in [4.69, 9.17) is 11.6 Å². The average Bonchev–Trinajstić information content (AvgIpc) is 2.44. The molecule has 0 aliphatic heterocycles. The summed E-state index contributed by atoms with van der Waals surface area (Å²) >= 11 is 5.64. The largest absolute Gasteiger partial charge is 0.491 e. The Morgan fingerprint density at radius 1 is 1.08 bits per heavy atom. The van der Waals surface area contributed by atoms with Crippen LogP contribution in [0.5, 0.6) is 0 Å². The molecule has 1 N–H and O–H groups in total. The van der Waals surface area contributed by atoms with E-state index in [0.29, 0.717) is 0 Å². The highest BCUT2D eigenvalue weighted by atomic mass is 35.5.